The number of rotatable bonds is 5. The SMILES string of the molecule is O=S(=O)(c1ccc2ccccc2c1)N(Cc1cc(Br)ccc1Cl)C1CC1. The van der Waals surface area contributed by atoms with Gasteiger partial charge in [0.1, 0.15) is 0 Å². The van der Waals surface area contributed by atoms with Crippen LogP contribution in [-0.4, -0.2) is 18.8 Å². The first-order chi connectivity index (χ1) is 12.4. The van der Waals surface area contributed by atoms with E-state index in [4.69, 9.17) is 11.6 Å². The molecule has 134 valence electrons. The molecular weight excluding hydrogens is 434 g/mol. The van der Waals surface area contributed by atoms with Gasteiger partial charge >= 0.3 is 0 Å². The molecule has 0 N–H and O–H groups in total. The summed E-state index contributed by atoms with van der Waals surface area (Å²) in [6.45, 7) is 0.276. The summed E-state index contributed by atoms with van der Waals surface area (Å²) in [4.78, 5) is 0.328. The standard InChI is InChI=1S/C20H17BrClNO2S/c21-17-6-10-20(22)16(11-17)13-23(18-7-8-18)26(24,25)19-9-5-14-3-1-2-4-15(14)12-19/h1-6,9-12,18H,7-8,13H2. The molecule has 0 heterocycles. The van der Waals surface area contributed by atoms with Crippen LogP contribution in [0, 0.1) is 0 Å². The fourth-order valence-electron chi connectivity index (χ4n) is 3.07. The third-order valence-electron chi connectivity index (χ3n) is 4.62. The maximum absolute atomic E-state index is 13.3. The van der Waals surface area contributed by atoms with Crippen molar-refractivity contribution in [2.24, 2.45) is 0 Å². The van der Waals surface area contributed by atoms with Crippen LogP contribution in [-0.2, 0) is 16.6 Å². The van der Waals surface area contributed by atoms with Gasteiger partial charge < -0.3 is 0 Å². The highest BCUT2D eigenvalue weighted by Gasteiger charge is 2.38. The van der Waals surface area contributed by atoms with Crippen molar-refractivity contribution in [2.45, 2.75) is 30.3 Å². The Morgan fingerprint density at radius 1 is 1.00 bits per heavy atom. The lowest BCUT2D eigenvalue weighted by Gasteiger charge is -2.23. The predicted octanol–water partition coefficient (Wildman–Crippen LogP) is 5.61. The summed E-state index contributed by atoms with van der Waals surface area (Å²) in [5.41, 5.74) is 0.803. The van der Waals surface area contributed by atoms with E-state index in [1.54, 1.807) is 22.5 Å². The van der Waals surface area contributed by atoms with Crippen LogP contribution in [0.1, 0.15) is 18.4 Å². The Morgan fingerprint density at radius 2 is 1.73 bits per heavy atom. The van der Waals surface area contributed by atoms with Gasteiger partial charge in [-0.15, -0.1) is 0 Å². The van der Waals surface area contributed by atoms with Gasteiger partial charge in [0, 0.05) is 22.1 Å². The zero-order valence-electron chi connectivity index (χ0n) is 13.9. The van der Waals surface area contributed by atoms with E-state index in [0.29, 0.717) is 9.92 Å². The van der Waals surface area contributed by atoms with Crippen molar-refractivity contribution in [1.29, 1.82) is 0 Å². The number of fused-ring (bicyclic) bond motifs is 1. The molecule has 0 radical (unpaired) electrons. The Balaban J connectivity index is 1.73. The molecule has 0 bridgehead atoms. The lowest BCUT2D eigenvalue weighted by atomic mass is 10.1. The lowest BCUT2D eigenvalue weighted by molar-refractivity contribution is 0.398. The smallest absolute Gasteiger partial charge is 0.207 e. The summed E-state index contributed by atoms with van der Waals surface area (Å²) < 4.78 is 29.1. The van der Waals surface area contributed by atoms with Crippen molar-refractivity contribution >= 4 is 48.3 Å². The molecule has 3 aromatic rings. The van der Waals surface area contributed by atoms with E-state index in [0.717, 1.165) is 33.7 Å². The molecule has 4 rings (SSSR count). The van der Waals surface area contributed by atoms with Crippen LogP contribution >= 0.6 is 27.5 Å². The van der Waals surface area contributed by atoms with Crippen molar-refractivity contribution in [3.63, 3.8) is 0 Å². The first-order valence-corrected chi connectivity index (χ1v) is 11.0. The maximum Gasteiger partial charge on any atom is 0.243 e. The highest BCUT2D eigenvalue weighted by Crippen LogP contribution is 2.35. The first-order valence-electron chi connectivity index (χ1n) is 8.40. The summed E-state index contributed by atoms with van der Waals surface area (Å²) in [5, 5.41) is 2.52. The number of nitrogens with zero attached hydrogens (tertiary/aromatic N) is 1. The van der Waals surface area contributed by atoms with E-state index in [-0.39, 0.29) is 12.6 Å². The van der Waals surface area contributed by atoms with Gasteiger partial charge in [0.2, 0.25) is 10.0 Å². The second kappa shape index (κ2) is 6.97. The van der Waals surface area contributed by atoms with E-state index in [1.165, 1.54) is 0 Å². The highest BCUT2D eigenvalue weighted by atomic mass is 79.9. The topological polar surface area (TPSA) is 37.4 Å². The van der Waals surface area contributed by atoms with Crippen LogP contribution in [0.2, 0.25) is 5.02 Å². The minimum absolute atomic E-state index is 0.0431. The largest absolute Gasteiger partial charge is 0.243 e. The van der Waals surface area contributed by atoms with Gasteiger partial charge in [-0.1, -0.05) is 57.9 Å². The molecule has 0 spiro atoms. The Morgan fingerprint density at radius 3 is 2.46 bits per heavy atom. The van der Waals surface area contributed by atoms with Crippen LogP contribution in [0.25, 0.3) is 10.8 Å². The minimum Gasteiger partial charge on any atom is -0.207 e. The molecular formula is C20H17BrClNO2S. The van der Waals surface area contributed by atoms with Gasteiger partial charge in [0.15, 0.2) is 0 Å². The van der Waals surface area contributed by atoms with Gasteiger partial charge in [-0.25, -0.2) is 8.42 Å². The molecule has 1 aliphatic carbocycles. The monoisotopic (exact) mass is 449 g/mol. The maximum atomic E-state index is 13.3. The van der Waals surface area contributed by atoms with Crippen molar-refractivity contribution in [2.75, 3.05) is 0 Å². The first kappa shape index (κ1) is 18.0. The number of halogens is 2. The molecule has 0 saturated heterocycles. The highest BCUT2D eigenvalue weighted by molar-refractivity contribution is 9.10. The predicted molar refractivity (Wildman–Crippen MR) is 109 cm³/mol. The number of hydrogen-bond acceptors (Lipinski definition) is 2. The van der Waals surface area contributed by atoms with Crippen molar-refractivity contribution in [3.8, 4) is 0 Å². The Hall–Kier alpha value is -1.40. The Kier molecular flexibility index (Phi) is 4.82. The van der Waals surface area contributed by atoms with Gasteiger partial charge in [0.05, 0.1) is 4.90 Å². The molecule has 0 aliphatic heterocycles. The van der Waals surface area contributed by atoms with Crippen LogP contribution < -0.4 is 0 Å². The number of benzene rings is 3. The van der Waals surface area contributed by atoms with Crippen molar-refractivity contribution < 1.29 is 8.42 Å². The second-order valence-electron chi connectivity index (χ2n) is 6.53. The molecule has 3 nitrogen and oxygen atoms in total. The summed E-state index contributed by atoms with van der Waals surface area (Å²) in [6.07, 6.45) is 1.77. The van der Waals surface area contributed by atoms with Gasteiger partial charge in [-0.2, -0.15) is 4.31 Å². The summed E-state index contributed by atoms with van der Waals surface area (Å²) in [7, 11) is -3.60. The van der Waals surface area contributed by atoms with Crippen molar-refractivity contribution in [3.05, 3.63) is 75.7 Å². The molecule has 1 saturated carbocycles. The average molecular weight is 451 g/mol. The molecule has 6 heteroatoms. The van der Waals surface area contributed by atoms with Gasteiger partial charge in [-0.05, 0) is 59.5 Å². The van der Waals surface area contributed by atoms with E-state index in [2.05, 4.69) is 15.9 Å². The lowest BCUT2D eigenvalue weighted by Crippen LogP contribution is -2.32. The third-order valence-corrected chi connectivity index (χ3v) is 7.37. The van der Waals surface area contributed by atoms with E-state index in [9.17, 15) is 8.42 Å². The average Bonchev–Trinajstić information content (AvgIpc) is 3.46. The van der Waals surface area contributed by atoms with Crippen LogP contribution in [0.4, 0.5) is 0 Å². The molecule has 3 aromatic carbocycles. The molecule has 26 heavy (non-hydrogen) atoms. The van der Waals surface area contributed by atoms with Crippen LogP contribution in [0.15, 0.2) is 70.0 Å². The van der Waals surface area contributed by atoms with E-state index >= 15 is 0 Å². The Bertz CT molecular complexity index is 1080. The second-order valence-corrected chi connectivity index (χ2v) is 9.74. The molecule has 1 aliphatic rings. The molecule has 1 fully saturated rings. The van der Waals surface area contributed by atoms with Gasteiger partial charge in [-0.3, -0.25) is 0 Å². The zero-order valence-corrected chi connectivity index (χ0v) is 17.1. The minimum atomic E-state index is -3.60. The quantitative estimate of drug-likeness (QED) is 0.507. The number of sulfonamides is 1. The van der Waals surface area contributed by atoms with Crippen LogP contribution in [0.5, 0.6) is 0 Å². The van der Waals surface area contributed by atoms with Crippen molar-refractivity contribution in [1.82, 2.24) is 4.31 Å². The summed E-state index contributed by atoms with van der Waals surface area (Å²) in [5.74, 6) is 0. The molecule has 0 atom stereocenters. The normalized spacial score (nSPS) is 14.9. The van der Waals surface area contributed by atoms with Crippen LogP contribution in [0.3, 0.4) is 0 Å². The van der Waals surface area contributed by atoms with E-state index < -0.39 is 10.0 Å². The fraction of sp³-hybridized carbons (Fsp3) is 0.200. The molecule has 0 amide bonds. The summed E-state index contributed by atoms with van der Waals surface area (Å²) in [6, 6.07) is 18.6. The fourth-order valence-corrected chi connectivity index (χ4v) is 5.35. The molecule has 0 aromatic heterocycles. The zero-order chi connectivity index (χ0) is 18.3. The Labute approximate surface area is 166 Å². The van der Waals surface area contributed by atoms with E-state index in [1.807, 2.05) is 42.5 Å². The van der Waals surface area contributed by atoms with Gasteiger partial charge in [0.25, 0.3) is 0 Å². The summed E-state index contributed by atoms with van der Waals surface area (Å²) >= 11 is 9.73. The third kappa shape index (κ3) is 3.54. The number of hydrogen-bond donors (Lipinski definition) is 0. The molecule has 0 unspecified atom stereocenters.